The van der Waals surface area contributed by atoms with Crippen LogP contribution in [-0.4, -0.2) is 63.4 Å². The summed E-state index contributed by atoms with van der Waals surface area (Å²) in [6.45, 7) is 14.1. The van der Waals surface area contributed by atoms with Crippen LogP contribution >= 0.6 is 0 Å². The van der Waals surface area contributed by atoms with Gasteiger partial charge >= 0.3 is 0 Å². The van der Waals surface area contributed by atoms with Gasteiger partial charge in [-0.1, -0.05) is 58.0 Å². The number of hydrogen-bond acceptors (Lipinski definition) is 5. The van der Waals surface area contributed by atoms with Crippen LogP contribution in [0.2, 0.25) is 0 Å². The Balaban J connectivity index is 0.885. The molecule has 58 heavy (non-hydrogen) atoms. The molecule has 0 radical (unpaired) electrons. The molecule has 0 aromatic heterocycles. The molecule has 3 aromatic carbocycles. The molecule has 5 aliphatic carbocycles. The van der Waals surface area contributed by atoms with Gasteiger partial charge in [0.1, 0.15) is 6.29 Å². The average molecular weight is 788 g/mol. The Labute approximate surface area is 348 Å². The molecule has 314 valence electrons. The van der Waals surface area contributed by atoms with E-state index < -0.39 is 5.60 Å². The molecular formula is C53H73NO4. The van der Waals surface area contributed by atoms with E-state index in [9.17, 15) is 20.1 Å². The number of aliphatic hydroxyl groups excluding tert-OH is 2. The predicted molar refractivity (Wildman–Crippen MR) is 234 cm³/mol. The van der Waals surface area contributed by atoms with Gasteiger partial charge in [-0.3, -0.25) is 4.90 Å². The van der Waals surface area contributed by atoms with E-state index in [1.807, 2.05) is 0 Å². The van der Waals surface area contributed by atoms with Crippen LogP contribution in [0.1, 0.15) is 128 Å². The highest BCUT2D eigenvalue weighted by Gasteiger charge is 2.67. The smallest absolute Gasteiger partial charge is 0.124 e. The normalized spacial score (nSPS) is 43.6. The highest BCUT2D eigenvalue weighted by Crippen LogP contribution is 2.71. The molecule has 2 aliphatic heterocycles. The number of nitrogens with zero attached hydrogens (tertiary/aromatic N) is 1. The van der Waals surface area contributed by atoms with Crippen molar-refractivity contribution in [3.8, 4) is 0 Å². The van der Waals surface area contributed by atoms with Crippen LogP contribution in [0.15, 0.2) is 42.5 Å². The summed E-state index contributed by atoms with van der Waals surface area (Å²) in [5.41, 5.74) is 3.45. The molecular weight excluding hydrogens is 715 g/mol. The van der Waals surface area contributed by atoms with Crippen LogP contribution in [0.5, 0.6) is 0 Å². The number of benzene rings is 3. The van der Waals surface area contributed by atoms with Gasteiger partial charge < -0.3 is 20.1 Å². The Bertz CT molecular complexity index is 2040. The molecule has 0 amide bonds. The highest BCUT2D eigenvalue weighted by molar-refractivity contribution is 6.00. The zero-order valence-corrected chi connectivity index (χ0v) is 36.3. The van der Waals surface area contributed by atoms with E-state index in [-0.39, 0.29) is 29.0 Å². The second kappa shape index (κ2) is 14.7. The summed E-state index contributed by atoms with van der Waals surface area (Å²) < 4.78 is 0. The average Bonchev–Trinajstić information content (AvgIpc) is 3.77. The first kappa shape index (κ1) is 39.8. The van der Waals surface area contributed by atoms with Crippen LogP contribution in [0, 0.1) is 70.0 Å². The lowest BCUT2D eigenvalue weighted by Gasteiger charge is -2.60. The largest absolute Gasteiger partial charge is 0.393 e. The van der Waals surface area contributed by atoms with Crippen molar-refractivity contribution in [3.05, 3.63) is 59.2 Å². The monoisotopic (exact) mass is 788 g/mol. The quantitative estimate of drug-likeness (QED) is 0.164. The van der Waals surface area contributed by atoms with Gasteiger partial charge in [-0.2, -0.15) is 0 Å². The van der Waals surface area contributed by atoms with Crippen molar-refractivity contribution in [2.45, 2.75) is 155 Å². The number of hydrogen-bond donors (Lipinski definition) is 3. The Hall–Kier alpha value is -2.31. The van der Waals surface area contributed by atoms with Crippen LogP contribution in [-0.2, 0) is 24.1 Å². The van der Waals surface area contributed by atoms with Gasteiger partial charge in [0.05, 0.1) is 17.8 Å². The lowest BCUT2D eigenvalue weighted by Crippen LogP contribution is -2.67. The summed E-state index contributed by atoms with van der Waals surface area (Å²) in [7, 11) is 0. The van der Waals surface area contributed by atoms with Crippen LogP contribution in [0.25, 0.3) is 21.5 Å². The number of aldehydes is 1. The minimum Gasteiger partial charge on any atom is -0.393 e. The third-order valence-electron chi connectivity index (χ3n) is 19.1. The lowest BCUT2D eigenvalue weighted by molar-refractivity contribution is -0.180. The lowest BCUT2D eigenvalue weighted by atomic mass is 9.46. The van der Waals surface area contributed by atoms with E-state index in [4.69, 9.17) is 0 Å². The summed E-state index contributed by atoms with van der Waals surface area (Å²) in [4.78, 5) is 14.2. The van der Waals surface area contributed by atoms with Gasteiger partial charge in [0.2, 0.25) is 0 Å². The summed E-state index contributed by atoms with van der Waals surface area (Å²) in [5.74, 6) is 5.55. The zero-order valence-electron chi connectivity index (χ0n) is 36.3. The number of piperidine rings is 2. The van der Waals surface area contributed by atoms with Gasteiger partial charge in [0.25, 0.3) is 0 Å². The van der Waals surface area contributed by atoms with Gasteiger partial charge in [-0.05, 0) is 217 Å². The van der Waals surface area contributed by atoms with Gasteiger partial charge in [0.15, 0.2) is 0 Å². The first-order valence-corrected chi connectivity index (χ1v) is 24.0. The molecule has 3 N–H and O–H groups in total. The molecule has 5 nitrogen and oxygen atoms in total. The van der Waals surface area contributed by atoms with E-state index in [2.05, 4.69) is 82.0 Å². The van der Waals surface area contributed by atoms with Crippen molar-refractivity contribution in [2.75, 3.05) is 13.1 Å². The van der Waals surface area contributed by atoms with E-state index >= 15 is 0 Å². The summed E-state index contributed by atoms with van der Waals surface area (Å²) in [6.07, 6.45) is 16.3. The Morgan fingerprint density at radius 3 is 2.43 bits per heavy atom. The van der Waals surface area contributed by atoms with Crippen molar-refractivity contribution in [2.24, 2.45) is 70.0 Å². The molecule has 1 spiro atoms. The van der Waals surface area contributed by atoms with Crippen LogP contribution < -0.4 is 0 Å². The number of fused-ring (bicyclic) bond motifs is 10. The van der Waals surface area contributed by atoms with Crippen molar-refractivity contribution < 1.29 is 20.1 Å². The van der Waals surface area contributed by atoms with Crippen molar-refractivity contribution >= 4 is 27.8 Å². The third-order valence-corrected chi connectivity index (χ3v) is 19.1. The molecule has 15 unspecified atom stereocenters. The number of carbonyl (C=O) groups excluding carboxylic acids is 1. The van der Waals surface area contributed by atoms with Gasteiger partial charge in [-0.15, -0.1) is 0 Å². The van der Waals surface area contributed by atoms with Crippen LogP contribution in [0.3, 0.4) is 0 Å². The molecule has 7 fully saturated rings. The molecule has 15 atom stereocenters. The first-order valence-electron chi connectivity index (χ1n) is 24.0. The minimum atomic E-state index is -0.608. The number of carbonyl (C=O) groups is 1. The van der Waals surface area contributed by atoms with Crippen molar-refractivity contribution in [1.82, 2.24) is 4.90 Å². The highest BCUT2D eigenvalue weighted by atomic mass is 16.3. The number of aliphatic hydroxyl groups is 3. The molecule has 2 heterocycles. The van der Waals surface area contributed by atoms with E-state index in [1.54, 1.807) is 0 Å². The van der Waals surface area contributed by atoms with E-state index in [0.29, 0.717) is 65.7 Å². The molecule has 0 bridgehead atoms. The van der Waals surface area contributed by atoms with Gasteiger partial charge in [-0.25, -0.2) is 0 Å². The van der Waals surface area contributed by atoms with E-state index in [1.165, 1.54) is 58.4 Å². The molecule has 2 saturated heterocycles. The van der Waals surface area contributed by atoms with Crippen molar-refractivity contribution in [3.63, 3.8) is 0 Å². The Morgan fingerprint density at radius 1 is 0.810 bits per heavy atom. The minimum absolute atomic E-state index is 0.0441. The number of aryl methyl sites for hydroxylation is 1. The third kappa shape index (κ3) is 6.39. The molecule has 7 aliphatic rings. The Kier molecular flexibility index (Phi) is 10.1. The summed E-state index contributed by atoms with van der Waals surface area (Å²) >= 11 is 0. The maximum Gasteiger partial charge on any atom is 0.124 e. The topological polar surface area (TPSA) is 81.0 Å². The van der Waals surface area contributed by atoms with Crippen molar-refractivity contribution in [1.29, 1.82) is 0 Å². The second-order valence-electron chi connectivity index (χ2n) is 22.8. The van der Waals surface area contributed by atoms with Crippen LogP contribution in [0.4, 0.5) is 0 Å². The summed E-state index contributed by atoms with van der Waals surface area (Å²) in [6, 6.07) is 16.2. The fourth-order valence-electron chi connectivity index (χ4n) is 16.7. The molecule has 3 aromatic rings. The second-order valence-corrected chi connectivity index (χ2v) is 22.8. The fourth-order valence-corrected chi connectivity index (χ4v) is 16.7. The SMILES string of the molecule is CC(C)Cc1cc2cc3cccc(CC=O)c3cc2cc1CCC1CCC2(C1)CC1(C)C(CC2O)C(O)CC2C3CCC4C(CN5CC(C)CCC5C4(C)O)C3CC21. The number of rotatable bonds is 7. The predicted octanol–water partition coefficient (Wildman–Crippen LogP) is 9.95. The van der Waals surface area contributed by atoms with Gasteiger partial charge in [0, 0.05) is 25.6 Å². The maximum absolute atomic E-state index is 12.3. The standard InChI is InChI=1S/C53H73NO4/c1-31(2)19-37-22-38-21-36-8-6-7-34(16-18-55)41(36)23-39(38)20-35(37)11-10-33-15-17-53(27-33)30-51(4)46-24-42-40(43(46)25-48(56)47(51)26-50(53)57)12-13-45-44(42)29-54-28-32(3)9-14-49(54)52(45,5)58/h6-8,18,20-23,31-33,40,42-50,56-58H,9-17,19,24-30H2,1-5H3. The summed E-state index contributed by atoms with van der Waals surface area (Å²) in [5, 5.41) is 41.4. The molecule has 5 heteroatoms. The molecule has 10 rings (SSSR count). The molecule has 5 saturated carbocycles. The Morgan fingerprint density at radius 2 is 1.62 bits per heavy atom. The zero-order chi connectivity index (χ0) is 40.3. The fraction of sp³-hybridized carbons (Fsp3) is 0.717. The van der Waals surface area contributed by atoms with E-state index in [0.717, 1.165) is 89.1 Å². The first-order chi connectivity index (χ1) is 27.8. The maximum atomic E-state index is 12.3.